The van der Waals surface area contributed by atoms with Crippen LogP contribution in [0.2, 0.25) is 0 Å². The fraction of sp³-hybridized carbons (Fsp3) is 0.333. The van der Waals surface area contributed by atoms with E-state index in [1.807, 2.05) is 6.07 Å². The van der Waals surface area contributed by atoms with Crippen molar-refractivity contribution in [1.29, 1.82) is 0 Å². The van der Waals surface area contributed by atoms with Crippen LogP contribution < -0.4 is 0 Å². The number of benzene rings is 1. The molecule has 0 unspecified atom stereocenters. The van der Waals surface area contributed by atoms with Crippen molar-refractivity contribution in [3.8, 4) is 0 Å². The van der Waals surface area contributed by atoms with Crippen LogP contribution in [0.25, 0.3) is 0 Å². The van der Waals surface area contributed by atoms with E-state index >= 15 is 0 Å². The molecule has 0 heterocycles. The van der Waals surface area contributed by atoms with Crippen molar-refractivity contribution in [3.63, 3.8) is 0 Å². The molecule has 4 heteroatoms. The first-order valence-corrected chi connectivity index (χ1v) is 5.87. The molecule has 0 aromatic heterocycles. The quantitative estimate of drug-likeness (QED) is 0.874. The molecule has 86 valence electrons. The molecule has 0 aliphatic rings. The third-order valence-electron chi connectivity index (χ3n) is 2.45. The number of thioether (sulfide) groups is 1. The van der Waals surface area contributed by atoms with E-state index in [1.54, 1.807) is 31.2 Å². The van der Waals surface area contributed by atoms with Crippen molar-refractivity contribution >= 4 is 22.8 Å². The molecule has 1 aromatic rings. The van der Waals surface area contributed by atoms with Gasteiger partial charge in [-0.05, 0) is 12.5 Å². The van der Waals surface area contributed by atoms with Crippen LogP contribution in [-0.2, 0) is 15.0 Å². The minimum Gasteiger partial charge on any atom is -0.481 e. The first-order valence-electron chi connectivity index (χ1n) is 4.89. The number of carbonyl (C=O) groups is 2. The van der Waals surface area contributed by atoms with Gasteiger partial charge in [0.1, 0.15) is 0 Å². The van der Waals surface area contributed by atoms with Crippen molar-refractivity contribution in [2.45, 2.75) is 19.3 Å². The summed E-state index contributed by atoms with van der Waals surface area (Å²) in [4.78, 5) is 22.2. The molecule has 0 radical (unpaired) electrons. The molecule has 1 rings (SSSR count). The Bertz CT molecular complexity index is 389. The summed E-state index contributed by atoms with van der Waals surface area (Å²) in [6.45, 7) is 3.08. The number of carbonyl (C=O) groups excluding carboxylic acids is 1. The summed E-state index contributed by atoms with van der Waals surface area (Å²) in [5, 5.41) is 9.21. The van der Waals surface area contributed by atoms with Crippen LogP contribution in [0.5, 0.6) is 0 Å². The van der Waals surface area contributed by atoms with E-state index in [1.165, 1.54) is 6.92 Å². The zero-order chi connectivity index (χ0) is 12.2. The molecule has 0 spiro atoms. The molecule has 0 saturated heterocycles. The van der Waals surface area contributed by atoms with Crippen molar-refractivity contribution in [2.75, 3.05) is 5.75 Å². The largest absolute Gasteiger partial charge is 0.481 e. The molecule has 0 aliphatic carbocycles. The third kappa shape index (κ3) is 2.85. The summed E-state index contributed by atoms with van der Waals surface area (Å²) < 4.78 is 0. The van der Waals surface area contributed by atoms with Gasteiger partial charge in [-0.15, -0.1) is 0 Å². The number of aliphatic carboxylic acids is 1. The number of carboxylic acids is 1. The minimum absolute atomic E-state index is 0.0663. The summed E-state index contributed by atoms with van der Waals surface area (Å²) in [7, 11) is 0. The van der Waals surface area contributed by atoms with Gasteiger partial charge in [-0.1, -0.05) is 42.1 Å². The Kier molecular flexibility index (Phi) is 4.12. The second-order valence-electron chi connectivity index (χ2n) is 3.78. The van der Waals surface area contributed by atoms with E-state index < -0.39 is 11.4 Å². The van der Waals surface area contributed by atoms with Crippen LogP contribution in [0.15, 0.2) is 30.3 Å². The Hall–Kier alpha value is -1.29. The Morgan fingerprint density at radius 2 is 1.88 bits per heavy atom. The van der Waals surface area contributed by atoms with Crippen LogP contribution in [0.3, 0.4) is 0 Å². The third-order valence-corrected chi connectivity index (χ3v) is 3.58. The predicted molar refractivity (Wildman–Crippen MR) is 64.6 cm³/mol. The molecule has 0 saturated carbocycles. The standard InChI is InChI=1S/C12H14O3S/c1-9(13)16-8-12(2,11(14)15)10-6-4-3-5-7-10/h3-7H,8H2,1-2H3,(H,14,15)/t12-/m0/s1. The maximum Gasteiger partial charge on any atom is 0.314 e. The number of hydrogen-bond donors (Lipinski definition) is 1. The normalized spacial score (nSPS) is 14.1. The number of rotatable bonds is 4. The first-order chi connectivity index (χ1) is 7.47. The number of carboxylic acid groups (broad SMARTS) is 1. The lowest BCUT2D eigenvalue weighted by Crippen LogP contribution is -2.35. The van der Waals surface area contributed by atoms with Gasteiger partial charge in [0.15, 0.2) is 5.12 Å². The van der Waals surface area contributed by atoms with Crippen molar-refractivity contribution in [1.82, 2.24) is 0 Å². The highest BCUT2D eigenvalue weighted by Crippen LogP contribution is 2.28. The van der Waals surface area contributed by atoms with E-state index in [0.717, 1.165) is 17.3 Å². The minimum atomic E-state index is -1.02. The second-order valence-corrected chi connectivity index (χ2v) is 4.94. The van der Waals surface area contributed by atoms with Crippen LogP contribution >= 0.6 is 11.8 Å². The van der Waals surface area contributed by atoms with Crippen molar-refractivity contribution in [2.24, 2.45) is 0 Å². The lowest BCUT2D eigenvalue weighted by Gasteiger charge is -2.24. The Labute approximate surface area is 98.9 Å². The summed E-state index contributed by atoms with van der Waals surface area (Å²) in [6.07, 6.45) is 0. The van der Waals surface area contributed by atoms with E-state index in [4.69, 9.17) is 0 Å². The van der Waals surface area contributed by atoms with Gasteiger partial charge in [0, 0.05) is 12.7 Å². The molecule has 1 atom stereocenters. The monoisotopic (exact) mass is 238 g/mol. The summed E-state index contributed by atoms with van der Waals surface area (Å²) in [5.74, 6) is -0.658. The summed E-state index contributed by atoms with van der Waals surface area (Å²) in [6, 6.07) is 8.98. The first kappa shape index (κ1) is 12.8. The molecule has 1 aromatic carbocycles. The Balaban J connectivity index is 2.98. The maximum atomic E-state index is 11.3. The SMILES string of the molecule is CC(=O)SC[C@](C)(C(=O)O)c1ccccc1. The van der Waals surface area contributed by atoms with Crippen molar-refractivity contribution < 1.29 is 14.7 Å². The molecular weight excluding hydrogens is 224 g/mol. The molecule has 16 heavy (non-hydrogen) atoms. The highest BCUT2D eigenvalue weighted by atomic mass is 32.2. The van der Waals surface area contributed by atoms with E-state index in [-0.39, 0.29) is 10.9 Å². The van der Waals surface area contributed by atoms with Gasteiger partial charge in [0.2, 0.25) is 0 Å². The average molecular weight is 238 g/mol. The number of hydrogen-bond acceptors (Lipinski definition) is 3. The lowest BCUT2D eigenvalue weighted by molar-refractivity contribution is -0.142. The summed E-state index contributed by atoms with van der Waals surface area (Å²) >= 11 is 1.04. The van der Waals surface area contributed by atoms with Crippen LogP contribution in [0.4, 0.5) is 0 Å². The van der Waals surface area contributed by atoms with Gasteiger partial charge in [0.05, 0.1) is 5.41 Å². The predicted octanol–water partition coefficient (Wildman–Crippen LogP) is 2.31. The maximum absolute atomic E-state index is 11.3. The zero-order valence-corrected chi connectivity index (χ0v) is 10.1. The van der Waals surface area contributed by atoms with Crippen LogP contribution in [0.1, 0.15) is 19.4 Å². The van der Waals surface area contributed by atoms with Crippen molar-refractivity contribution in [3.05, 3.63) is 35.9 Å². The highest BCUT2D eigenvalue weighted by Gasteiger charge is 2.35. The zero-order valence-electron chi connectivity index (χ0n) is 9.27. The van der Waals surface area contributed by atoms with Gasteiger partial charge >= 0.3 is 5.97 Å². The summed E-state index contributed by atoms with van der Waals surface area (Å²) in [5.41, 5.74) is -0.298. The topological polar surface area (TPSA) is 54.4 Å². The molecule has 0 fully saturated rings. The Morgan fingerprint density at radius 3 is 2.31 bits per heavy atom. The van der Waals surface area contributed by atoms with Gasteiger partial charge in [-0.2, -0.15) is 0 Å². The molecular formula is C12H14O3S. The van der Waals surface area contributed by atoms with E-state index in [2.05, 4.69) is 0 Å². The molecule has 0 bridgehead atoms. The fourth-order valence-electron chi connectivity index (χ4n) is 1.32. The van der Waals surface area contributed by atoms with Gasteiger partial charge in [0.25, 0.3) is 0 Å². The average Bonchev–Trinajstić information content (AvgIpc) is 2.26. The van der Waals surface area contributed by atoms with E-state index in [9.17, 15) is 14.7 Å². The van der Waals surface area contributed by atoms with Crippen LogP contribution in [0, 0.1) is 0 Å². The second kappa shape index (κ2) is 5.16. The molecule has 1 N–H and O–H groups in total. The fourth-order valence-corrected chi connectivity index (χ4v) is 2.10. The Morgan fingerprint density at radius 1 is 1.31 bits per heavy atom. The molecule has 3 nitrogen and oxygen atoms in total. The highest BCUT2D eigenvalue weighted by molar-refractivity contribution is 8.13. The molecule has 0 amide bonds. The van der Waals surface area contributed by atoms with Gasteiger partial charge in [-0.25, -0.2) is 0 Å². The van der Waals surface area contributed by atoms with Gasteiger partial charge < -0.3 is 5.11 Å². The smallest absolute Gasteiger partial charge is 0.314 e. The molecule has 0 aliphatic heterocycles. The van der Waals surface area contributed by atoms with E-state index in [0.29, 0.717) is 0 Å². The van der Waals surface area contributed by atoms with Crippen LogP contribution in [-0.4, -0.2) is 21.9 Å². The lowest BCUT2D eigenvalue weighted by atomic mass is 9.85. The van der Waals surface area contributed by atoms with Gasteiger partial charge in [-0.3, -0.25) is 9.59 Å².